The van der Waals surface area contributed by atoms with Crippen LogP contribution < -0.4 is 11.1 Å². The van der Waals surface area contributed by atoms with Gasteiger partial charge in [-0.2, -0.15) is 0 Å². The van der Waals surface area contributed by atoms with Crippen LogP contribution in [0.1, 0.15) is 39.5 Å². The van der Waals surface area contributed by atoms with Crippen LogP contribution in [0.15, 0.2) is 30.3 Å². The maximum absolute atomic E-state index is 13.0. The molecule has 2 aromatic heterocycles. The molecule has 8 heteroatoms. The lowest BCUT2D eigenvalue weighted by Gasteiger charge is -2.14. The van der Waals surface area contributed by atoms with Crippen molar-refractivity contribution in [2.45, 2.75) is 26.8 Å². The average molecular weight is 401 g/mol. The largest absolute Gasteiger partial charge is 0.451 e. The zero-order chi connectivity index (χ0) is 20.4. The third kappa shape index (κ3) is 4.12. The fourth-order valence-corrected chi connectivity index (χ4v) is 4.05. The Morgan fingerprint density at radius 1 is 1.29 bits per heavy atom. The van der Waals surface area contributed by atoms with E-state index in [1.165, 1.54) is 12.1 Å². The molecule has 2 heterocycles. The van der Waals surface area contributed by atoms with Crippen LogP contribution in [-0.4, -0.2) is 23.5 Å². The molecule has 3 N–H and O–H groups in total. The van der Waals surface area contributed by atoms with E-state index in [-0.39, 0.29) is 16.7 Å². The van der Waals surface area contributed by atoms with Crippen molar-refractivity contribution in [3.63, 3.8) is 0 Å². The van der Waals surface area contributed by atoms with Gasteiger partial charge in [-0.3, -0.25) is 4.79 Å². The Bertz CT molecular complexity index is 1050. The number of hydrogen-bond acceptors (Lipinski definition) is 6. The first-order valence-electron chi connectivity index (χ1n) is 8.64. The number of thiophene rings is 1. The highest BCUT2D eigenvalue weighted by atomic mass is 32.1. The SMILES string of the molecule is Cc1cc(C)c2c(N)c(C(=O)OCC(=O)NC(C)c3ccc(F)cc3)sc2n1. The molecule has 1 atom stereocenters. The standard InChI is InChI=1S/C20H20FN3O3S/c1-10-8-11(2)23-19-16(10)17(22)18(28-19)20(26)27-9-15(25)24-12(3)13-4-6-14(21)7-5-13/h4-8,12H,9,22H2,1-3H3,(H,24,25). The summed E-state index contributed by atoms with van der Waals surface area (Å²) in [6, 6.07) is 7.35. The summed E-state index contributed by atoms with van der Waals surface area (Å²) in [6.45, 7) is 5.09. The predicted octanol–water partition coefficient (Wildman–Crippen LogP) is 3.67. The summed E-state index contributed by atoms with van der Waals surface area (Å²) in [7, 11) is 0. The van der Waals surface area contributed by atoms with Crippen LogP contribution in [0.25, 0.3) is 10.2 Å². The van der Waals surface area contributed by atoms with E-state index in [9.17, 15) is 14.0 Å². The summed E-state index contributed by atoms with van der Waals surface area (Å²) in [5, 5.41) is 3.43. The minimum atomic E-state index is -0.665. The van der Waals surface area contributed by atoms with Gasteiger partial charge in [0, 0.05) is 11.1 Å². The van der Waals surface area contributed by atoms with Gasteiger partial charge in [0.05, 0.1) is 11.7 Å². The maximum Gasteiger partial charge on any atom is 0.351 e. The van der Waals surface area contributed by atoms with Gasteiger partial charge in [-0.1, -0.05) is 12.1 Å². The highest BCUT2D eigenvalue weighted by Crippen LogP contribution is 2.35. The molecule has 3 aromatic rings. The van der Waals surface area contributed by atoms with E-state index in [0.717, 1.165) is 33.5 Å². The molecular formula is C20H20FN3O3S. The normalized spacial score (nSPS) is 12.0. The Labute approximate surface area is 165 Å². The number of nitrogens with two attached hydrogens (primary N) is 1. The second kappa shape index (κ2) is 7.93. The Hall–Kier alpha value is -3.00. The van der Waals surface area contributed by atoms with Gasteiger partial charge in [0.25, 0.3) is 5.91 Å². The van der Waals surface area contributed by atoms with Crippen molar-refractivity contribution in [2.24, 2.45) is 0 Å². The van der Waals surface area contributed by atoms with Crippen LogP contribution in [0.2, 0.25) is 0 Å². The molecule has 0 saturated carbocycles. The van der Waals surface area contributed by atoms with Gasteiger partial charge >= 0.3 is 5.97 Å². The van der Waals surface area contributed by atoms with Crippen molar-refractivity contribution in [1.29, 1.82) is 0 Å². The lowest BCUT2D eigenvalue weighted by atomic mass is 10.1. The number of carbonyl (C=O) groups excluding carboxylic acids is 2. The van der Waals surface area contributed by atoms with E-state index >= 15 is 0 Å². The molecule has 1 aromatic carbocycles. The van der Waals surface area contributed by atoms with Crippen molar-refractivity contribution in [3.8, 4) is 0 Å². The smallest absolute Gasteiger partial charge is 0.351 e. The van der Waals surface area contributed by atoms with E-state index in [1.54, 1.807) is 19.1 Å². The highest BCUT2D eigenvalue weighted by molar-refractivity contribution is 7.21. The van der Waals surface area contributed by atoms with E-state index in [4.69, 9.17) is 10.5 Å². The maximum atomic E-state index is 13.0. The average Bonchev–Trinajstić information content (AvgIpc) is 2.96. The zero-order valence-corrected chi connectivity index (χ0v) is 16.5. The summed E-state index contributed by atoms with van der Waals surface area (Å²) in [5.41, 5.74) is 8.93. The second-order valence-electron chi connectivity index (χ2n) is 6.52. The number of nitrogens with one attached hydrogen (secondary N) is 1. The number of ether oxygens (including phenoxy) is 1. The number of aryl methyl sites for hydroxylation is 2. The number of anilines is 1. The quantitative estimate of drug-likeness (QED) is 0.636. The number of aromatic nitrogens is 1. The third-order valence-corrected chi connectivity index (χ3v) is 5.37. The molecular weight excluding hydrogens is 381 g/mol. The fourth-order valence-electron chi connectivity index (χ4n) is 2.94. The molecule has 0 spiro atoms. The number of pyridine rings is 1. The van der Waals surface area contributed by atoms with Gasteiger partial charge in [-0.15, -0.1) is 11.3 Å². The van der Waals surface area contributed by atoms with E-state index < -0.39 is 18.5 Å². The Balaban J connectivity index is 1.64. The number of nitrogens with zero attached hydrogens (tertiary/aromatic N) is 1. The lowest BCUT2D eigenvalue weighted by Crippen LogP contribution is -2.31. The summed E-state index contributed by atoms with van der Waals surface area (Å²) in [4.78, 5) is 29.8. The van der Waals surface area contributed by atoms with Gasteiger partial charge in [0.15, 0.2) is 6.61 Å². The Morgan fingerprint density at radius 2 is 1.96 bits per heavy atom. The first-order chi connectivity index (χ1) is 13.3. The number of esters is 1. The molecule has 3 rings (SSSR count). The van der Waals surface area contributed by atoms with Gasteiger partial charge in [-0.25, -0.2) is 14.2 Å². The number of benzene rings is 1. The van der Waals surface area contributed by atoms with Crippen LogP contribution >= 0.6 is 11.3 Å². The number of hydrogen-bond donors (Lipinski definition) is 2. The molecule has 1 amide bonds. The van der Waals surface area contributed by atoms with Gasteiger partial charge in [0.2, 0.25) is 0 Å². The molecule has 0 aliphatic rings. The van der Waals surface area contributed by atoms with E-state index in [1.807, 2.05) is 19.9 Å². The van der Waals surface area contributed by atoms with Crippen molar-refractivity contribution in [2.75, 3.05) is 12.3 Å². The third-order valence-electron chi connectivity index (χ3n) is 4.29. The van der Waals surface area contributed by atoms with Crippen molar-refractivity contribution in [3.05, 3.63) is 57.8 Å². The topological polar surface area (TPSA) is 94.3 Å². The second-order valence-corrected chi connectivity index (χ2v) is 7.52. The number of rotatable bonds is 5. The molecule has 0 saturated heterocycles. The first kappa shape index (κ1) is 19.8. The minimum absolute atomic E-state index is 0.232. The molecule has 6 nitrogen and oxygen atoms in total. The van der Waals surface area contributed by atoms with Crippen LogP contribution in [0.5, 0.6) is 0 Å². The molecule has 1 unspecified atom stereocenters. The highest BCUT2D eigenvalue weighted by Gasteiger charge is 2.21. The monoisotopic (exact) mass is 401 g/mol. The van der Waals surface area contributed by atoms with Gasteiger partial charge < -0.3 is 15.8 Å². The number of halogens is 1. The molecule has 146 valence electrons. The molecule has 0 bridgehead atoms. The zero-order valence-electron chi connectivity index (χ0n) is 15.7. The summed E-state index contributed by atoms with van der Waals surface area (Å²) in [5.74, 6) is -1.48. The first-order valence-corrected chi connectivity index (χ1v) is 9.46. The van der Waals surface area contributed by atoms with Crippen molar-refractivity contribution in [1.82, 2.24) is 10.3 Å². The van der Waals surface area contributed by atoms with Gasteiger partial charge in [0.1, 0.15) is 15.5 Å². The Kier molecular flexibility index (Phi) is 5.60. The molecule has 0 fully saturated rings. The number of carbonyl (C=O) groups is 2. The minimum Gasteiger partial charge on any atom is -0.451 e. The van der Waals surface area contributed by atoms with Crippen LogP contribution in [-0.2, 0) is 9.53 Å². The fraction of sp³-hybridized carbons (Fsp3) is 0.250. The van der Waals surface area contributed by atoms with E-state index in [0.29, 0.717) is 10.5 Å². The van der Waals surface area contributed by atoms with Crippen molar-refractivity contribution >= 4 is 39.1 Å². The molecule has 28 heavy (non-hydrogen) atoms. The molecule has 0 aliphatic carbocycles. The Morgan fingerprint density at radius 3 is 2.64 bits per heavy atom. The number of fused-ring (bicyclic) bond motifs is 1. The van der Waals surface area contributed by atoms with Crippen molar-refractivity contribution < 1.29 is 18.7 Å². The summed E-state index contributed by atoms with van der Waals surface area (Å²) >= 11 is 1.15. The summed E-state index contributed by atoms with van der Waals surface area (Å²) in [6.07, 6.45) is 0. The number of nitrogen functional groups attached to an aromatic ring is 1. The molecule has 0 radical (unpaired) electrons. The van der Waals surface area contributed by atoms with Crippen LogP contribution in [0.3, 0.4) is 0 Å². The summed E-state index contributed by atoms with van der Waals surface area (Å²) < 4.78 is 18.1. The van der Waals surface area contributed by atoms with Crippen LogP contribution in [0.4, 0.5) is 10.1 Å². The van der Waals surface area contributed by atoms with Gasteiger partial charge in [-0.05, 0) is 50.1 Å². The predicted molar refractivity (Wildman–Crippen MR) is 107 cm³/mol. The van der Waals surface area contributed by atoms with E-state index in [2.05, 4.69) is 10.3 Å². The lowest BCUT2D eigenvalue weighted by molar-refractivity contribution is -0.124. The number of amides is 1. The van der Waals surface area contributed by atoms with Crippen LogP contribution in [0, 0.1) is 19.7 Å². The molecule has 0 aliphatic heterocycles.